The van der Waals surface area contributed by atoms with Gasteiger partial charge in [0.25, 0.3) is 0 Å². The molecule has 0 spiro atoms. The lowest BCUT2D eigenvalue weighted by Crippen LogP contribution is -2.62. The van der Waals surface area contributed by atoms with Gasteiger partial charge in [-0.1, -0.05) is 18.2 Å². The molecule has 21 nitrogen and oxygen atoms in total. The summed E-state index contributed by atoms with van der Waals surface area (Å²) < 4.78 is 7.78. The van der Waals surface area contributed by atoms with E-state index in [1.807, 2.05) is 49.6 Å². The normalized spacial score (nSPS) is 20.0. The van der Waals surface area contributed by atoms with Crippen LogP contribution in [0.3, 0.4) is 0 Å². The van der Waals surface area contributed by atoms with Crippen LogP contribution in [0.15, 0.2) is 129 Å². The molecule has 13 rings (SSSR count). The molecule has 460 valence electrons. The van der Waals surface area contributed by atoms with Gasteiger partial charge in [0.2, 0.25) is 5.88 Å². The highest BCUT2D eigenvalue weighted by Gasteiger charge is 2.41. The van der Waals surface area contributed by atoms with Gasteiger partial charge in [-0.25, -0.2) is 19.9 Å². The van der Waals surface area contributed by atoms with Crippen LogP contribution in [0.5, 0.6) is 23.1 Å². The van der Waals surface area contributed by atoms with Crippen molar-refractivity contribution in [2.24, 2.45) is 7.05 Å². The van der Waals surface area contributed by atoms with Crippen molar-refractivity contribution in [1.82, 2.24) is 76.0 Å². The number of nitrogens with zero attached hydrogens (tertiary/aromatic N) is 12. The van der Waals surface area contributed by atoms with Crippen molar-refractivity contribution in [2.75, 3.05) is 23.9 Å². The van der Waals surface area contributed by atoms with Crippen LogP contribution in [0.2, 0.25) is 0 Å². The average molecular weight is 1190 g/mol. The number of phenols is 3. The number of aryl methyl sites for hydroxylation is 1. The van der Waals surface area contributed by atoms with Gasteiger partial charge >= 0.3 is 0 Å². The molecule has 0 aliphatic carbocycles. The summed E-state index contributed by atoms with van der Waals surface area (Å²) in [6.07, 6.45) is 29.9. The molecule has 21 heteroatoms. The van der Waals surface area contributed by atoms with Gasteiger partial charge in [-0.3, -0.25) is 24.8 Å². The number of rotatable bonds is 12. The summed E-state index contributed by atoms with van der Waals surface area (Å²) >= 11 is 0. The number of piperidine rings is 3. The fraction of sp³-hybridized carbons (Fsp3) is 0.418. The Labute approximate surface area is 514 Å². The van der Waals surface area contributed by atoms with Gasteiger partial charge in [-0.2, -0.15) is 15.3 Å². The minimum atomic E-state index is 0.0653. The van der Waals surface area contributed by atoms with E-state index in [9.17, 15) is 15.3 Å². The molecule has 4 fully saturated rings. The van der Waals surface area contributed by atoms with E-state index in [0.717, 1.165) is 83.5 Å². The molecule has 9 aromatic rings. The van der Waals surface area contributed by atoms with Crippen molar-refractivity contribution < 1.29 is 20.1 Å². The summed E-state index contributed by atoms with van der Waals surface area (Å²) in [5.74, 6) is 2.73. The standard InChI is InChI=1S/C24H32N6O.C23H30N6O.C20H21N5O2/c1-23(2)10-18(11-24(3,4)28-23)30(6)22-14-25-20(13-26-22)19-8-7-16(9-21(19)31)17-12-27-29(5)15-17;1-22(2)9-17(10-23(3,4)28-22)29(5)21-14-24-19(13-25-21)18-7-6-15(8-20(18)30)16-11-26-27-12-16;26-19-5-12(13-8-23-24-9-13)1-4-17(19)18-10-22-20(11-21-18)27-16-6-14-2-3-15(7-16)25-14/h7-9,12-15,18,28,31H,10-11H2,1-6H3;6-8,11-14,17,28,30H,9-10H2,1-5H3,(H,26,27);1,4-5,8-11,14-16,25-26H,2-3,6-7H2,(H,23,24)/t;;14-,15+,16?. The predicted molar refractivity (Wildman–Crippen MR) is 344 cm³/mol. The number of nitrogens with one attached hydrogen (secondary N) is 5. The van der Waals surface area contributed by atoms with Crippen molar-refractivity contribution >= 4 is 11.6 Å². The smallest absolute Gasteiger partial charge is 0.232 e. The van der Waals surface area contributed by atoms with Crippen molar-refractivity contribution in [2.45, 2.75) is 159 Å². The van der Waals surface area contributed by atoms with Crippen LogP contribution in [-0.2, 0) is 7.05 Å². The van der Waals surface area contributed by atoms with Crippen molar-refractivity contribution in [3.05, 3.63) is 129 Å². The molecule has 0 radical (unpaired) electrons. The lowest BCUT2D eigenvalue weighted by molar-refractivity contribution is 0.131. The van der Waals surface area contributed by atoms with Crippen LogP contribution in [0.1, 0.15) is 107 Å². The predicted octanol–water partition coefficient (Wildman–Crippen LogP) is 10.9. The van der Waals surface area contributed by atoms with E-state index in [2.05, 4.69) is 151 Å². The van der Waals surface area contributed by atoms with Crippen molar-refractivity contribution in [3.8, 4) is 90.3 Å². The van der Waals surface area contributed by atoms with Crippen LogP contribution >= 0.6 is 0 Å². The Kier molecular flexibility index (Phi) is 17.1. The van der Waals surface area contributed by atoms with Gasteiger partial charge < -0.3 is 45.8 Å². The third kappa shape index (κ3) is 14.4. The van der Waals surface area contributed by atoms with Gasteiger partial charge in [0, 0.05) is 119 Å². The van der Waals surface area contributed by atoms with Crippen LogP contribution in [0, 0.1) is 0 Å². The first-order chi connectivity index (χ1) is 41.9. The Morgan fingerprint density at radius 1 is 0.489 bits per heavy atom. The maximum Gasteiger partial charge on any atom is 0.232 e. The van der Waals surface area contributed by atoms with Crippen molar-refractivity contribution in [3.63, 3.8) is 0 Å². The molecule has 4 aliphatic rings. The summed E-state index contributed by atoms with van der Waals surface area (Å²) in [6.45, 7) is 18.0. The number of H-pyrrole nitrogens is 2. The van der Waals surface area contributed by atoms with E-state index in [4.69, 9.17) is 4.74 Å². The lowest BCUT2D eigenvalue weighted by atomic mass is 9.79. The highest BCUT2D eigenvalue weighted by atomic mass is 16.5. The summed E-state index contributed by atoms with van der Waals surface area (Å²) in [6, 6.07) is 18.5. The van der Waals surface area contributed by atoms with E-state index in [1.165, 1.54) is 12.8 Å². The summed E-state index contributed by atoms with van der Waals surface area (Å²) in [7, 11) is 6.05. The maximum atomic E-state index is 10.6. The summed E-state index contributed by atoms with van der Waals surface area (Å²) in [4.78, 5) is 31.8. The summed E-state index contributed by atoms with van der Waals surface area (Å²) in [5.41, 5.74) is 9.64. The molecule has 6 aromatic heterocycles. The monoisotopic (exact) mass is 1190 g/mol. The number of hydrogen-bond acceptors (Lipinski definition) is 18. The SMILES string of the molecule is CN(c1cnc(-c2ccc(-c3cn[nH]c3)cc2O)cn1)C1CC(C)(C)NC(C)(C)C1.CN(c1cnc(-c2ccc(-c3cnn(C)c3)cc2O)cn1)C1CC(C)(C)NC(C)(C)C1.Oc1cc(-c2cn[nH]c2)ccc1-c1cnc(OC2C[C@H]3CC[C@@H](C2)N3)cn1. The molecule has 0 amide bonds. The highest BCUT2D eigenvalue weighted by molar-refractivity contribution is 5.76. The third-order valence-electron chi connectivity index (χ3n) is 17.3. The number of aromatic amines is 2. The molecule has 4 aliphatic heterocycles. The molecule has 10 heterocycles. The molecule has 8 N–H and O–H groups in total. The first-order valence-corrected chi connectivity index (χ1v) is 30.3. The Morgan fingerprint density at radius 2 is 0.898 bits per heavy atom. The number of phenolic OH excluding ortho intramolecular Hbond substituents is 3. The number of aromatic hydroxyl groups is 3. The van der Waals surface area contributed by atoms with Gasteiger partial charge in [0.05, 0.1) is 72.9 Å². The first kappa shape index (κ1) is 60.9. The quantitative estimate of drug-likeness (QED) is 0.0565. The fourth-order valence-corrected chi connectivity index (χ4v) is 13.7. The highest BCUT2D eigenvalue weighted by Crippen LogP contribution is 2.39. The number of anilines is 2. The molecule has 0 saturated carbocycles. The number of benzene rings is 3. The Bertz CT molecular complexity index is 3750. The van der Waals surface area contributed by atoms with Gasteiger partial charge in [0.15, 0.2) is 0 Å². The first-order valence-electron chi connectivity index (χ1n) is 30.3. The molecule has 1 unspecified atom stereocenters. The Hall–Kier alpha value is -8.79. The zero-order chi connectivity index (χ0) is 62.1. The van der Waals surface area contributed by atoms with E-state index in [1.54, 1.807) is 91.0 Å². The second-order valence-corrected chi connectivity index (χ2v) is 26.8. The number of aromatic nitrogens is 12. The summed E-state index contributed by atoms with van der Waals surface area (Å²) in [5, 5.41) is 60.2. The van der Waals surface area contributed by atoms with Gasteiger partial charge in [0.1, 0.15) is 35.0 Å². The lowest BCUT2D eigenvalue weighted by Gasteiger charge is -2.49. The van der Waals surface area contributed by atoms with E-state index >= 15 is 0 Å². The zero-order valence-corrected chi connectivity index (χ0v) is 52.3. The Morgan fingerprint density at radius 3 is 1.24 bits per heavy atom. The molecule has 3 atom stereocenters. The van der Waals surface area contributed by atoms with Crippen LogP contribution in [0.25, 0.3) is 67.2 Å². The van der Waals surface area contributed by atoms with Gasteiger partial charge in [-0.15, -0.1) is 0 Å². The number of ether oxygens (including phenoxy) is 1. The second kappa shape index (κ2) is 24.8. The van der Waals surface area contributed by atoms with Crippen LogP contribution in [0.4, 0.5) is 11.6 Å². The maximum absolute atomic E-state index is 10.6. The third-order valence-corrected chi connectivity index (χ3v) is 17.3. The number of hydrogen-bond donors (Lipinski definition) is 8. The van der Waals surface area contributed by atoms with E-state index < -0.39 is 0 Å². The zero-order valence-electron chi connectivity index (χ0n) is 52.3. The molecule has 4 saturated heterocycles. The molecular formula is C67H83N17O4. The average Bonchev–Trinajstić information content (AvgIpc) is 1.74. The van der Waals surface area contributed by atoms with E-state index in [-0.39, 0.29) is 45.5 Å². The molecular weight excluding hydrogens is 1110 g/mol. The fourth-order valence-electron chi connectivity index (χ4n) is 13.7. The van der Waals surface area contributed by atoms with Crippen molar-refractivity contribution in [1.29, 1.82) is 0 Å². The molecule has 88 heavy (non-hydrogen) atoms. The van der Waals surface area contributed by atoms with E-state index in [0.29, 0.717) is 63.8 Å². The largest absolute Gasteiger partial charge is 0.507 e. The van der Waals surface area contributed by atoms with Gasteiger partial charge in [-0.05, 0) is 160 Å². The molecule has 2 bridgehead atoms. The Balaban J connectivity index is 0.000000137. The molecule has 3 aromatic carbocycles. The van der Waals surface area contributed by atoms with Crippen LogP contribution < -0.4 is 30.5 Å². The minimum Gasteiger partial charge on any atom is -0.507 e. The number of fused-ring (bicyclic) bond motifs is 2. The minimum absolute atomic E-state index is 0.0653. The van der Waals surface area contributed by atoms with Crippen LogP contribution in [-0.4, -0.2) is 142 Å². The second-order valence-electron chi connectivity index (χ2n) is 26.8. The topological polar surface area (TPSA) is 265 Å².